The Morgan fingerprint density at radius 2 is 0.958 bits per heavy atom. The van der Waals surface area contributed by atoms with Gasteiger partial charge in [0.05, 0.1) is 13.2 Å². The van der Waals surface area contributed by atoms with E-state index in [0.717, 1.165) is 77.0 Å². The molecular formula is C47H83O24P-2. The van der Waals surface area contributed by atoms with Crippen LogP contribution in [0.4, 0.5) is 0 Å². The molecule has 2 heterocycles. The summed E-state index contributed by atoms with van der Waals surface area (Å²) >= 11 is 0. The third-order valence-corrected chi connectivity index (χ3v) is 13.7. The molecular weight excluding hydrogens is 979 g/mol. The first-order chi connectivity index (χ1) is 34.3. The second-order valence-corrected chi connectivity index (χ2v) is 20.0. The second-order valence-electron chi connectivity index (χ2n) is 18.6. The zero-order valence-corrected chi connectivity index (χ0v) is 42.3. The van der Waals surface area contributed by atoms with E-state index in [-0.39, 0.29) is 19.3 Å². The van der Waals surface area contributed by atoms with Crippen molar-refractivity contribution in [3.05, 3.63) is 13.8 Å². The average Bonchev–Trinajstić information content (AvgIpc) is 3.35. The van der Waals surface area contributed by atoms with Gasteiger partial charge in [0.2, 0.25) is 0 Å². The lowest BCUT2D eigenvalue weighted by atomic mass is 9.84. The molecule has 3 rings (SSSR count). The van der Waals surface area contributed by atoms with Crippen LogP contribution in [0.5, 0.6) is 0 Å². The summed E-state index contributed by atoms with van der Waals surface area (Å²) in [6.07, 6.45) is -21.4. The molecule has 11 N–H and O–H groups in total. The van der Waals surface area contributed by atoms with E-state index >= 15 is 0 Å². The quantitative estimate of drug-likeness (QED) is 0.0135. The van der Waals surface area contributed by atoms with Crippen molar-refractivity contribution in [1.82, 2.24) is 0 Å². The number of esters is 3. The van der Waals surface area contributed by atoms with Gasteiger partial charge in [-0.25, -0.2) is 4.57 Å². The monoisotopic (exact) mass is 1060 g/mol. The molecule has 2 aliphatic heterocycles. The summed E-state index contributed by atoms with van der Waals surface area (Å²) < 4.78 is 63.4. The van der Waals surface area contributed by atoms with Gasteiger partial charge >= 0.3 is 25.7 Å². The molecule has 25 heteroatoms. The van der Waals surface area contributed by atoms with Gasteiger partial charge in [0.15, 0.2) is 18.7 Å². The van der Waals surface area contributed by atoms with Crippen molar-refractivity contribution in [3.8, 4) is 0 Å². The van der Waals surface area contributed by atoms with Crippen molar-refractivity contribution in [3.63, 3.8) is 0 Å². The molecule has 1 unspecified atom stereocenters. The van der Waals surface area contributed by atoms with E-state index in [9.17, 15) is 74.9 Å². The Morgan fingerprint density at radius 3 is 1.49 bits per heavy atom. The number of rotatable bonds is 35. The molecule has 0 spiro atoms. The Bertz CT molecular complexity index is 1580. The first kappa shape index (κ1) is 64.2. The van der Waals surface area contributed by atoms with Crippen LogP contribution in [-0.2, 0) is 61.2 Å². The number of phosphoric ester groups is 1. The van der Waals surface area contributed by atoms with Crippen LogP contribution >= 0.6 is 7.82 Å². The van der Waals surface area contributed by atoms with Crippen molar-refractivity contribution in [2.45, 2.75) is 239 Å². The summed E-state index contributed by atoms with van der Waals surface area (Å²) in [4.78, 5) is 49.3. The Balaban J connectivity index is 1.89. The van der Waals surface area contributed by atoms with Crippen molar-refractivity contribution in [2.75, 3.05) is 26.4 Å². The highest BCUT2D eigenvalue weighted by atomic mass is 31.2. The molecule has 0 aromatic rings. The van der Waals surface area contributed by atoms with E-state index in [1.165, 1.54) is 0 Å². The maximum atomic E-state index is 14.0. The molecule has 422 valence electrons. The van der Waals surface area contributed by atoms with Gasteiger partial charge in [0, 0.05) is 19.3 Å². The van der Waals surface area contributed by atoms with Crippen LogP contribution in [0.1, 0.15) is 135 Å². The third kappa shape index (κ3) is 21.2. The fraction of sp³-hybridized carbons (Fsp3) is 0.894. The van der Waals surface area contributed by atoms with Crippen LogP contribution in [0, 0.1) is 13.8 Å². The molecule has 0 radical (unpaired) electrons. The molecule has 1 saturated carbocycles. The molecule has 0 aromatic carbocycles. The highest BCUT2D eigenvalue weighted by Gasteiger charge is 2.58. The lowest BCUT2D eigenvalue weighted by molar-refractivity contribution is -0.360. The maximum Gasteiger partial charge on any atom is 0.472 e. The SMILES string of the molecule is [CH2-]CCCCCCCC(=O)OC[C@H]1O[C@H](O[C@@H]2[C@H](O)[C@@H](O)[C@H](O)[C@@H](O[C@H]3O[C@H](CO)[C@@H](O)[C@H](O)[C@@H]3O)[C@@H]2OP(=O)(O)OC[C@@H](COC(=O)CCCC[CH2-])OC(=O)CCCCCCCCCC)[C@@H](O)[C@@H](O)[C@@H]1O. The standard InChI is InChI=1S/C47H83O24P/c1-4-7-10-12-14-15-17-20-23-33(51)66-28(25-63-31(49)21-18-9-6-3)26-65-72(61,62)71-45-43(69-46-41(59)36(54)34(52)29(24-48)67-46)39(57)38(56)40(58)44(45)70-47-42(60)37(55)35(53)30(68-47)27-64-32(50)22-19-16-13-11-8-5-2/h28-30,34-48,52-60H,2-27H2,1H3,(H,61,62)/q-2/t28-,29-,30-,34-,35-,36+,37+,38+,39+,40-,41+,42+,43-,44-,45+,46-,47-/m1/s1. The smallest absolute Gasteiger partial charge is 0.463 e. The minimum Gasteiger partial charge on any atom is -0.463 e. The number of aliphatic hydroxyl groups excluding tert-OH is 10. The van der Waals surface area contributed by atoms with Crippen molar-refractivity contribution < 1.29 is 117 Å². The predicted molar refractivity (Wildman–Crippen MR) is 249 cm³/mol. The van der Waals surface area contributed by atoms with Gasteiger partial charge in [0.1, 0.15) is 98.7 Å². The summed E-state index contributed by atoms with van der Waals surface area (Å²) in [6, 6.07) is 0. The number of aliphatic hydroxyl groups is 10. The van der Waals surface area contributed by atoms with Gasteiger partial charge in [-0.1, -0.05) is 84.0 Å². The Kier molecular flexibility index (Phi) is 30.2. The van der Waals surface area contributed by atoms with Crippen LogP contribution in [-0.4, -0.2) is 204 Å². The summed E-state index contributed by atoms with van der Waals surface area (Å²) in [6.45, 7) is 6.40. The Morgan fingerprint density at radius 1 is 0.528 bits per heavy atom. The topological polar surface area (TPSA) is 374 Å². The van der Waals surface area contributed by atoms with Gasteiger partial charge < -0.3 is 103 Å². The Hall–Kier alpha value is -2.04. The van der Waals surface area contributed by atoms with Gasteiger partial charge in [-0.15, -0.1) is 0 Å². The zero-order valence-electron chi connectivity index (χ0n) is 41.4. The van der Waals surface area contributed by atoms with E-state index in [1.54, 1.807) is 0 Å². The van der Waals surface area contributed by atoms with Gasteiger partial charge in [0.25, 0.3) is 0 Å². The summed E-state index contributed by atoms with van der Waals surface area (Å²) in [5.41, 5.74) is 0. The average molecular weight is 1060 g/mol. The number of carbonyl (C=O) groups is 3. The van der Waals surface area contributed by atoms with Crippen molar-refractivity contribution >= 4 is 25.7 Å². The molecule has 1 aliphatic carbocycles. The number of phosphoric acid groups is 1. The van der Waals surface area contributed by atoms with E-state index in [1.807, 2.05) is 0 Å². The molecule has 0 aromatic heterocycles. The number of hydrogen-bond donors (Lipinski definition) is 11. The van der Waals surface area contributed by atoms with E-state index in [2.05, 4.69) is 20.8 Å². The van der Waals surface area contributed by atoms with E-state index in [4.69, 9.17) is 42.2 Å². The molecule has 18 atom stereocenters. The van der Waals surface area contributed by atoms with Crippen LogP contribution < -0.4 is 0 Å². The van der Waals surface area contributed by atoms with Gasteiger partial charge in [-0.3, -0.25) is 23.4 Å². The van der Waals surface area contributed by atoms with Crippen LogP contribution in [0.25, 0.3) is 0 Å². The fourth-order valence-electron chi connectivity index (χ4n) is 8.31. The number of hydrogen-bond acceptors (Lipinski definition) is 23. The fourth-order valence-corrected chi connectivity index (χ4v) is 9.28. The minimum absolute atomic E-state index is 0.00857. The predicted octanol–water partition coefficient (Wildman–Crippen LogP) is 0.451. The largest absolute Gasteiger partial charge is 0.472 e. The third-order valence-electron chi connectivity index (χ3n) is 12.7. The normalized spacial score (nSPS) is 33.2. The number of carbonyl (C=O) groups excluding carboxylic acids is 3. The van der Waals surface area contributed by atoms with Crippen LogP contribution in [0.3, 0.4) is 0 Å². The van der Waals surface area contributed by atoms with E-state index < -0.39 is 156 Å². The summed E-state index contributed by atoms with van der Waals surface area (Å²) in [5.74, 6) is -2.10. The molecule has 2 saturated heterocycles. The Labute approximate surface area is 421 Å². The highest BCUT2D eigenvalue weighted by Crippen LogP contribution is 2.49. The number of ether oxygens (including phenoxy) is 7. The summed E-state index contributed by atoms with van der Waals surface area (Å²) in [7, 11) is -5.66. The van der Waals surface area contributed by atoms with Crippen molar-refractivity contribution in [2.24, 2.45) is 0 Å². The maximum absolute atomic E-state index is 14.0. The molecule has 3 fully saturated rings. The highest BCUT2D eigenvalue weighted by molar-refractivity contribution is 7.47. The molecule has 3 aliphatic rings. The molecule has 72 heavy (non-hydrogen) atoms. The van der Waals surface area contributed by atoms with Crippen LogP contribution in [0.2, 0.25) is 0 Å². The van der Waals surface area contributed by atoms with Gasteiger partial charge in [-0.2, -0.15) is 12.8 Å². The molecule has 0 bridgehead atoms. The first-order valence-corrected chi connectivity index (χ1v) is 26.9. The lowest BCUT2D eigenvalue weighted by Crippen LogP contribution is -2.69. The van der Waals surface area contributed by atoms with E-state index in [0.29, 0.717) is 32.1 Å². The minimum atomic E-state index is -5.66. The zero-order chi connectivity index (χ0) is 53.4. The number of unbranched alkanes of at least 4 members (excludes halogenated alkanes) is 14. The molecule has 24 nitrogen and oxygen atoms in total. The van der Waals surface area contributed by atoms with Crippen molar-refractivity contribution in [1.29, 1.82) is 0 Å². The molecule has 0 amide bonds. The second kappa shape index (κ2) is 33.9. The van der Waals surface area contributed by atoms with Gasteiger partial charge in [-0.05, 0) is 19.3 Å². The summed E-state index contributed by atoms with van der Waals surface area (Å²) in [5, 5.41) is 108. The lowest BCUT2D eigenvalue weighted by Gasteiger charge is -2.49. The first-order valence-electron chi connectivity index (χ1n) is 25.4. The van der Waals surface area contributed by atoms with Crippen LogP contribution in [0.15, 0.2) is 0 Å².